The molecule has 0 radical (unpaired) electrons. The molecule has 0 saturated carbocycles. The predicted octanol–water partition coefficient (Wildman–Crippen LogP) is 2.51. The normalized spacial score (nSPS) is 16.7. The molecule has 1 saturated heterocycles. The Labute approximate surface area is 168 Å². The van der Waals surface area contributed by atoms with Gasteiger partial charge in [0.1, 0.15) is 11.6 Å². The summed E-state index contributed by atoms with van der Waals surface area (Å²) in [6.45, 7) is 3.55. The molecule has 2 aromatic carbocycles. The van der Waals surface area contributed by atoms with Gasteiger partial charge in [-0.3, -0.25) is 4.79 Å². The Hall–Kier alpha value is -3.26. The summed E-state index contributed by atoms with van der Waals surface area (Å²) in [6, 6.07) is 13.5. The van der Waals surface area contributed by atoms with E-state index in [9.17, 15) is 9.18 Å². The zero-order valence-corrected chi connectivity index (χ0v) is 16.3. The summed E-state index contributed by atoms with van der Waals surface area (Å²) in [6.07, 6.45) is 0. The third kappa shape index (κ3) is 3.71. The van der Waals surface area contributed by atoms with Crippen LogP contribution in [0.3, 0.4) is 0 Å². The number of aromatic nitrogens is 3. The number of carbonyl (C=O) groups is 1. The third-order valence-electron chi connectivity index (χ3n) is 5.15. The van der Waals surface area contributed by atoms with Crippen LogP contribution in [0.15, 0.2) is 48.5 Å². The molecule has 0 spiro atoms. The smallest absolute Gasteiger partial charge is 0.276 e. The van der Waals surface area contributed by atoms with E-state index in [2.05, 4.69) is 15.6 Å². The monoisotopic (exact) mass is 395 g/mol. The van der Waals surface area contributed by atoms with Crippen LogP contribution in [-0.2, 0) is 0 Å². The minimum Gasteiger partial charge on any atom is -0.497 e. The maximum Gasteiger partial charge on any atom is 0.276 e. The molecule has 7 nitrogen and oxygen atoms in total. The average molecular weight is 395 g/mol. The topological polar surface area (TPSA) is 72.3 Å². The summed E-state index contributed by atoms with van der Waals surface area (Å²) in [4.78, 5) is 15.0. The minimum atomic E-state index is -0.317. The lowest BCUT2D eigenvalue weighted by atomic mass is 10.0. The number of hydrogen-bond acceptors (Lipinski definition) is 5. The molecular formula is C21H22FN5O2. The summed E-state index contributed by atoms with van der Waals surface area (Å²) in [5, 5.41) is 11.6. The Balaban J connectivity index is 1.63. The molecule has 4 rings (SSSR count). The molecule has 1 aromatic heterocycles. The van der Waals surface area contributed by atoms with Crippen LogP contribution in [0.1, 0.15) is 27.8 Å². The van der Waals surface area contributed by atoms with Crippen molar-refractivity contribution >= 4 is 5.91 Å². The van der Waals surface area contributed by atoms with Crippen molar-refractivity contribution in [2.75, 3.05) is 26.7 Å². The highest BCUT2D eigenvalue weighted by Gasteiger charge is 2.31. The molecule has 8 heteroatoms. The van der Waals surface area contributed by atoms with Crippen molar-refractivity contribution in [3.8, 4) is 11.4 Å². The quantitative estimate of drug-likeness (QED) is 0.735. The van der Waals surface area contributed by atoms with Crippen LogP contribution >= 0.6 is 0 Å². The molecule has 1 fully saturated rings. The van der Waals surface area contributed by atoms with E-state index in [1.54, 1.807) is 22.8 Å². The van der Waals surface area contributed by atoms with Crippen LogP contribution < -0.4 is 10.1 Å². The Morgan fingerprint density at radius 2 is 2.03 bits per heavy atom. The van der Waals surface area contributed by atoms with Crippen LogP contribution in [-0.4, -0.2) is 52.5 Å². The summed E-state index contributed by atoms with van der Waals surface area (Å²) in [5.74, 6) is 0.210. The van der Waals surface area contributed by atoms with Crippen molar-refractivity contribution in [1.82, 2.24) is 25.2 Å². The predicted molar refractivity (Wildman–Crippen MR) is 106 cm³/mol. The van der Waals surface area contributed by atoms with E-state index in [0.717, 1.165) is 17.0 Å². The van der Waals surface area contributed by atoms with Crippen LogP contribution in [0.2, 0.25) is 0 Å². The Morgan fingerprint density at radius 1 is 1.24 bits per heavy atom. The first-order chi connectivity index (χ1) is 14.1. The van der Waals surface area contributed by atoms with Crippen LogP contribution in [0.4, 0.5) is 4.39 Å². The lowest BCUT2D eigenvalue weighted by Gasteiger charge is -2.36. The number of hydrogen-bond donors (Lipinski definition) is 1. The average Bonchev–Trinajstić information content (AvgIpc) is 3.14. The van der Waals surface area contributed by atoms with Gasteiger partial charge in [0, 0.05) is 19.6 Å². The summed E-state index contributed by atoms with van der Waals surface area (Å²) in [5.41, 5.74) is 2.49. The molecule has 1 unspecified atom stereocenters. The summed E-state index contributed by atoms with van der Waals surface area (Å²) in [7, 11) is 1.61. The fourth-order valence-corrected chi connectivity index (χ4v) is 3.59. The van der Waals surface area contributed by atoms with Gasteiger partial charge in [-0.15, -0.1) is 5.10 Å². The summed E-state index contributed by atoms with van der Waals surface area (Å²) < 4.78 is 20.5. The lowest BCUT2D eigenvalue weighted by molar-refractivity contribution is 0.0627. The molecule has 29 heavy (non-hydrogen) atoms. The lowest BCUT2D eigenvalue weighted by Crippen LogP contribution is -2.49. The van der Waals surface area contributed by atoms with Crippen molar-refractivity contribution < 1.29 is 13.9 Å². The van der Waals surface area contributed by atoms with Crippen molar-refractivity contribution in [3.63, 3.8) is 0 Å². The minimum absolute atomic E-state index is 0.210. The van der Waals surface area contributed by atoms with Crippen molar-refractivity contribution in [2.45, 2.75) is 13.0 Å². The fraction of sp³-hybridized carbons (Fsp3) is 0.286. The van der Waals surface area contributed by atoms with Crippen molar-refractivity contribution in [2.24, 2.45) is 0 Å². The molecule has 0 aliphatic carbocycles. The molecule has 1 aliphatic heterocycles. The first-order valence-corrected chi connectivity index (χ1v) is 9.42. The van der Waals surface area contributed by atoms with E-state index in [1.165, 1.54) is 12.1 Å². The molecule has 1 N–H and O–H groups in total. The van der Waals surface area contributed by atoms with Gasteiger partial charge >= 0.3 is 0 Å². The number of rotatable bonds is 4. The fourth-order valence-electron chi connectivity index (χ4n) is 3.59. The van der Waals surface area contributed by atoms with Gasteiger partial charge in [0.05, 0.1) is 24.5 Å². The Kier molecular flexibility index (Phi) is 5.26. The van der Waals surface area contributed by atoms with E-state index in [-0.39, 0.29) is 17.8 Å². The van der Waals surface area contributed by atoms with Gasteiger partial charge in [-0.1, -0.05) is 17.3 Å². The molecular weight excluding hydrogens is 373 g/mol. The molecule has 2 heterocycles. The molecule has 0 bridgehead atoms. The number of methoxy groups -OCH3 is 1. The van der Waals surface area contributed by atoms with Gasteiger partial charge in [-0.25, -0.2) is 9.07 Å². The second-order valence-electron chi connectivity index (χ2n) is 6.91. The first kappa shape index (κ1) is 19.1. The van der Waals surface area contributed by atoms with Gasteiger partial charge in [0.25, 0.3) is 5.91 Å². The highest BCUT2D eigenvalue weighted by molar-refractivity contribution is 5.93. The zero-order chi connectivity index (χ0) is 20.4. The highest BCUT2D eigenvalue weighted by Crippen LogP contribution is 2.26. The number of ether oxygens (including phenoxy) is 1. The first-order valence-electron chi connectivity index (χ1n) is 9.42. The molecule has 1 aliphatic rings. The maximum absolute atomic E-state index is 13.7. The second kappa shape index (κ2) is 8.00. The van der Waals surface area contributed by atoms with E-state index in [4.69, 9.17) is 4.74 Å². The number of carbonyl (C=O) groups excluding carboxylic acids is 1. The number of piperazine rings is 1. The second-order valence-corrected chi connectivity index (χ2v) is 6.91. The van der Waals surface area contributed by atoms with E-state index < -0.39 is 0 Å². The van der Waals surface area contributed by atoms with Gasteiger partial charge in [-0.2, -0.15) is 0 Å². The van der Waals surface area contributed by atoms with Gasteiger partial charge < -0.3 is 15.0 Å². The van der Waals surface area contributed by atoms with Gasteiger partial charge in [0.15, 0.2) is 5.69 Å². The zero-order valence-electron chi connectivity index (χ0n) is 16.3. The van der Waals surface area contributed by atoms with Crippen LogP contribution in [0, 0.1) is 12.7 Å². The van der Waals surface area contributed by atoms with E-state index in [0.29, 0.717) is 31.0 Å². The number of halogens is 1. The van der Waals surface area contributed by atoms with Crippen LogP contribution in [0.25, 0.3) is 5.69 Å². The van der Waals surface area contributed by atoms with Gasteiger partial charge in [0.2, 0.25) is 0 Å². The molecule has 1 atom stereocenters. The number of nitrogens with zero attached hydrogens (tertiary/aromatic N) is 4. The largest absolute Gasteiger partial charge is 0.497 e. The van der Waals surface area contributed by atoms with Crippen LogP contribution in [0.5, 0.6) is 5.75 Å². The van der Waals surface area contributed by atoms with E-state index >= 15 is 0 Å². The Morgan fingerprint density at radius 3 is 2.76 bits per heavy atom. The Bertz CT molecular complexity index is 1020. The third-order valence-corrected chi connectivity index (χ3v) is 5.15. The van der Waals surface area contributed by atoms with Crippen molar-refractivity contribution in [3.05, 3.63) is 71.3 Å². The standard InChI is InChI=1S/C21H22FN5O2/c1-14-20(24-25-27(14)17-6-8-18(29-2)9-7-17)21(28)26-11-10-23-13-19(26)15-4-3-5-16(22)12-15/h3-9,12,19,23H,10-11,13H2,1-2H3. The summed E-state index contributed by atoms with van der Waals surface area (Å²) >= 11 is 0. The maximum atomic E-state index is 13.7. The van der Waals surface area contributed by atoms with Crippen molar-refractivity contribution in [1.29, 1.82) is 0 Å². The highest BCUT2D eigenvalue weighted by atomic mass is 19.1. The SMILES string of the molecule is COc1ccc(-n2nnc(C(=O)N3CCNCC3c3cccc(F)c3)c2C)cc1. The van der Waals surface area contributed by atoms with Gasteiger partial charge in [-0.05, 0) is 48.9 Å². The molecule has 150 valence electrons. The molecule has 1 amide bonds. The number of amides is 1. The van der Waals surface area contributed by atoms with E-state index in [1.807, 2.05) is 37.3 Å². The number of nitrogens with one attached hydrogen (secondary N) is 1. The molecule has 3 aromatic rings. The number of benzene rings is 2.